The van der Waals surface area contributed by atoms with Gasteiger partial charge in [0.15, 0.2) is 0 Å². The van der Waals surface area contributed by atoms with Gasteiger partial charge in [-0.3, -0.25) is 4.79 Å². The Bertz CT molecular complexity index is 511. The molecule has 0 aliphatic carbocycles. The fourth-order valence-electron chi connectivity index (χ4n) is 1.51. The first kappa shape index (κ1) is 15.1. The molecule has 102 valence electrons. The molecule has 0 bridgehead atoms. The van der Waals surface area contributed by atoms with Crippen molar-refractivity contribution in [2.45, 2.75) is 13.3 Å². The van der Waals surface area contributed by atoms with E-state index in [1.165, 1.54) is 14.2 Å². The number of amides is 1. The van der Waals surface area contributed by atoms with Gasteiger partial charge in [-0.05, 0) is 6.42 Å². The van der Waals surface area contributed by atoms with E-state index in [0.717, 1.165) is 0 Å². The molecule has 0 aliphatic rings. The lowest BCUT2D eigenvalue weighted by molar-refractivity contribution is -0.118. The minimum atomic E-state index is -0.702. The van der Waals surface area contributed by atoms with Gasteiger partial charge in [0.05, 0.1) is 31.0 Å². The zero-order valence-corrected chi connectivity index (χ0v) is 11.7. The molecule has 1 aromatic carbocycles. The highest BCUT2D eigenvalue weighted by atomic mass is 35.5. The van der Waals surface area contributed by atoms with Gasteiger partial charge in [0.25, 0.3) is 0 Å². The summed E-state index contributed by atoms with van der Waals surface area (Å²) in [6.07, 6.45) is 0.440. The third-order valence-corrected chi connectivity index (χ3v) is 2.91. The summed E-state index contributed by atoms with van der Waals surface area (Å²) in [5.41, 5.74) is 0.419. The van der Waals surface area contributed by atoms with Crippen molar-refractivity contribution in [2.24, 2.45) is 5.92 Å². The molecular formula is C13H15ClN2O3. The molecule has 1 rings (SSSR count). The van der Waals surface area contributed by atoms with E-state index in [1.807, 2.05) is 6.07 Å². The van der Waals surface area contributed by atoms with Gasteiger partial charge in [-0.1, -0.05) is 18.5 Å². The summed E-state index contributed by atoms with van der Waals surface area (Å²) in [5.74, 6) is -0.256. The number of methoxy groups -OCH3 is 2. The first-order valence-corrected chi connectivity index (χ1v) is 6.07. The van der Waals surface area contributed by atoms with Crippen molar-refractivity contribution in [3.63, 3.8) is 0 Å². The molecule has 19 heavy (non-hydrogen) atoms. The number of ether oxygens (including phenoxy) is 2. The zero-order chi connectivity index (χ0) is 14.4. The normalized spacial score (nSPS) is 11.3. The number of nitrogens with zero attached hydrogens (tertiary/aromatic N) is 1. The minimum absolute atomic E-state index is 0.379. The Morgan fingerprint density at radius 2 is 2.05 bits per heavy atom. The van der Waals surface area contributed by atoms with Crippen molar-refractivity contribution >= 4 is 23.2 Å². The number of nitriles is 1. The minimum Gasteiger partial charge on any atom is -0.495 e. The second-order valence-corrected chi connectivity index (χ2v) is 4.17. The van der Waals surface area contributed by atoms with Gasteiger partial charge in [-0.25, -0.2) is 0 Å². The highest BCUT2D eigenvalue weighted by molar-refractivity contribution is 6.32. The van der Waals surface area contributed by atoms with Crippen molar-refractivity contribution in [1.29, 1.82) is 5.26 Å². The highest BCUT2D eigenvalue weighted by Gasteiger charge is 2.18. The van der Waals surface area contributed by atoms with Crippen LogP contribution in [-0.4, -0.2) is 20.1 Å². The van der Waals surface area contributed by atoms with Gasteiger partial charge in [0.2, 0.25) is 5.91 Å². The van der Waals surface area contributed by atoms with E-state index < -0.39 is 5.92 Å². The van der Waals surface area contributed by atoms with Crippen molar-refractivity contribution in [3.8, 4) is 17.6 Å². The molecule has 5 nitrogen and oxygen atoms in total. The van der Waals surface area contributed by atoms with E-state index >= 15 is 0 Å². The van der Waals surface area contributed by atoms with E-state index in [9.17, 15) is 4.79 Å². The standard InChI is InChI=1S/C13H15ClN2O3/c1-4-8(7-15)13(17)16-10-6-11(18-2)9(14)5-12(10)19-3/h5-6,8H,4H2,1-3H3,(H,16,17). The molecular weight excluding hydrogens is 268 g/mol. The molecule has 6 heteroatoms. The summed E-state index contributed by atoms with van der Waals surface area (Å²) in [4.78, 5) is 11.9. The van der Waals surface area contributed by atoms with Crippen LogP contribution in [0.25, 0.3) is 0 Å². The van der Waals surface area contributed by atoms with Crippen LogP contribution in [-0.2, 0) is 4.79 Å². The average molecular weight is 283 g/mol. The van der Waals surface area contributed by atoms with Crippen LogP contribution in [0.5, 0.6) is 11.5 Å². The molecule has 0 saturated carbocycles. The number of nitrogens with one attached hydrogen (secondary N) is 1. The second kappa shape index (κ2) is 6.86. The van der Waals surface area contributed by atoms with Gasteiger partial charge in [-0.2, -0.15) is 5.26 Å². The van der Waals surface area contributed by atoms with E-state index in [0.29, 0.717) is 28.6 Å². The maximum atomic E-state index is 11.9. The molecule has 0 fully saturated rings. The SMILES string of the molecule is CCC(C#N)C(=O)Nc1cc(OC)c(Cl)cc1OC. The monoisotopic (exact) mass is 282 g/mol. The Balaban J connectivity index is 3.06. The largest absolute Gasteiger partial charge is 0.495 e. The third kappa shape index (κ3) is 3.52. The number of carbonyl (C=O) groups excluding carboxylic acids is 1. The van der Waals surface area contributed by atoms with Gasteiger partial charge in [0.1, 0.15) is 17.4 Å². The Morgan fingerprint density at radius 3 is 2.53 bits per heavy atom. The van der Waals surface area contributed by atoms with Crippen molar-refractivity contribution < 1.29 is 14.3 Å². The molecule has 1 atom stereocenters. The molecule has 0 saturated heterocycles. The lowest BCUT2D eigenvalue weighted by Crippen LogP contribution is -2.21. The van der Waals surface area contributed by atoms with Gasteiger partial charge in [0, 0.05) is 12.1 Å². The van der Waals surface area contributed by atoms with Crippen LogP contribution < -0.4 is 14.8 Å². The van der Waals surface area contributed by atoms with Crippen molar-refractivity contribution in [2.75, 3.05) is 19.5 Å². The predicted octanol–water partition coefficient (Wildman–Crippen LogP) is 2.85. The predicted molar refractivity (Wildman–Crippen MR) is 72.6 cm³/mol. The number of carbonyl (C=O) groups is 1. The molecule has 0 spiro atoms. The summed E-state index contributed by atoms with van der Waals surface area (Å²) in [5, 5.41) is 11.9. The third-order valence-electron chi connectivity index (χ3n) is 2.61. The lowest BCUT2D eigenvalue weighted by Gasteiger charge is -2.14. The molecule has 1 aromatic rings. The number of hydrogen-bond acceptors (Lipinski definition) is 4. The second-order valence-electron chi connectivity index (χ2n) is 3.77. The molecule has 1 amide bonds. The summed E-state index contributed by atoms with van der Waals surface area (Å²) in [7, 11) is 2.94. The molecule has 0 radical (unpaired) electrons. The van der Waals surface area contributed by atoms with E-state index in [2.05, 4.69) is 5.32 Å². The topological polar surface area (TPSA) is 71.4 Å². The number of hydrogen-bond donors (Lipinski definition) is 1. The Labute approximate surface area is 117 Å². The van der Waals surface area contributed by atoms with Crippen LogP contribution in [0.2, 0.25) is 5.02 Å². The highest BCUT2D eigenvalue weighted by Crippen LogP contribution is 2.36. The van der Waals surface area contributed by atoms with E-state index in [1.54, 1.807) is 19.1 Å². The Morgan fingerprint density at radius 1 is 1.42 bits per heavy atom. The molecule has 0 heterocycles. The zero-order valence-electron chi connectivity index (χ0n) is 11.0. The van der Waals surface area contributed by atoms with Crippen LogP contribution >= 0.6 is 11.6 Å². The first-order valence-electron chi connectivity index (χ1n) is 5.69. The van der Waals surface area contributed by atoms with Crippen molar-refractivity contribution in [1.82, 2.24) is 0 Å². The summed E-state index contributed by atoms with van der Waals surface area (Å²) in [6.45, 7) is 1.77. The van der Waals surface area contributed by atoms with Crippen LogP contribution in [0.15, 0.2) is 12.1 Å². The van der Waals surface area contributed by atoms with Gasteiger partial charge < -0.3 is 14.8 Å². The average Bonchev–Trinajstić information content (AvgIpc) is 2.41. The van der Waals surface area contributed by atoms with Crippen LogP contribution in [0, 0.1) is 17.2 Å². The smallest absolute Gasteiger partial charge is 0.241 e. The molecule has 1 unspecified atom stereocenters. The number of halogens is 1. The number of anilines is 1. The fraction of sp³-hybridized carbons (Fsp3) is 0.385. The van der Waals surface area contributed by atoms with Gasteiger partial charge in [-0.15, -0.1) is 0 Å². The molecule has 1 N–H and O–H groups in total. The number of rotatable bonds is 5. The van der Waals surface area contributed by atoms with Crippen molar-refractivity contribution in [3.05, 3.63) is 17.2 Å². The van der Waals surface area contributed by atoms with Crippen LogP contribution in [0.1, 0.15) is 13.3 Å². The summed E-state index contributed by atoms with van der Waals surface area (Å²) < 4.78 is 10.2. The van der Waals surface area contributed by atoms with Crippen LogP contribution in [0.4, 0.5) is 5.69 Å². The fourth-order valence-corrected chi connectivity index (χ4v) is 1.74. The van der Waals surface area contributed by atoms with Gasteiger partial charge >= 0.3 is 0 Å². The number of benzene rings is 1. The van der Waals surface area contributed by atoms with Crippen LogP contribution in [0.3, 0.4) is 0 Å². The van der Waals surface area contributed by atoms with E-state index in [4.69, 9.17) is 26.3 Å². The maximum absolute atomic E-state index is 11.9. The van der Waals surface area contributed by atoms with E-state index in [-0.39, 0.29) is 5.91 Å². The summed E-state index contributed by atoms with van der Waals surface area (Å²) >= 11 is 5.96. The first-order chi connectivity index (χ1) is 9.07. The summed E-state index contributed by atoms with van der Waals surface area (Å²) in [6, 6.07) is 5.04. The maximum Gasteiger partial charge on any atom is 0.241 e. The lowest BCUT2D eigenvalue weighted by atomic mass is 10.1. The molecule has 0 aliphatic heterocycles. The Kier molecular flexibility index (Phi) is 5.46. The quantitative estimate of drug-likeness (QED) is 0.901. The molecule has 0 aromatic heterocycles. The Hall–Kier alpha value is -1.93.